The highest BCUT2D eigenvalue weighted by Gasteiger charge is 2.19. The van der Waals surface area contributed by atoms with Crippen molar-refractivity contribution in [2.45, 2.75) is 6.42 Å². The molecule has 5 aromatic carbocycles. The zero-order valence-electron chi connectivity index (χ0n) is 18.4. The van der Waals surface area contributed by atoms with E-state index in [1.807, 2.05) is 6.07 Å². The van der Waals surface area contributed by atoms with Crippen molar-refractivity contribution in [1.29, 1.82) is 0 Å². The summed E-state index contributed by atoms with van der Waals surface area (Å²) >= 11 is 7.31. The lowest BCUT2D eigenvalue weighted by Gasteiger charge is -2.07. The van der Waals surface area contributed by atoms with Gasteiger partial charge in [-0.3, -0.25) is 0 Å². The maximum absolute atomic E-state index is 3.69. The summed E-state index contributed by atoms with van der Waals surface area (Å²) in [5.74, 6) is 0. The first-order chi connectivity index (χ1) is 16.7. The highest BCUT2D eigenvalue weighted by atomic mass is 79.9. The van der Waals surface area contributed by atoms with Crippen LogP contribution in [0.1, 0.15) is 11.1 Å². The van der Waals surface area contributed by atoms with Gasteiger partial charge in [-0.25, -0.2) is 0 Å². The Morgan fingerprint density at radius 1 is 0.529 bits per heavy atom. The van der Waals surface area contributed by atoms with Gasteiger partial charge in [-0.05, 0) is 65.1 Å². The summed E-state index contributed by atoms with van der Waals surface area (Å²) < 4.78 is 4.66. The fourth-order valence-electron chi connectivity index (χ4n) is 4.97. The van der Waals surface area contributed by atoms with Crippen molar-refractivity contribution in [3.05, 3.63) is 135 Å². The van der Waals surface area contributed by atoms with Crippen molar-refractivity contribution in [2.75, 3.05) is 0 Å². The molecule has 0 N–H and O–H groups in total. The van der Waals surface area contributed by atoms with E-state index in [1.54, 1.807) is 0 Å². The SMILES string of the molecule is Brc1cccc2c1-c1ccccc1C2.Brc1cccc2c1c1ccccc1n2-c1ccccc1. The van der Waals surface area contributed by atoms with Gasteiger partial charge in [0.2, 0.25) is 0 Å². The van der Waals surface area contributed by atoms with E-state index < -0.39 is 0 Å². The summed E-state index contributed by atoms with van der Waals surface area (Å²) in [6.45, 7) is 0. The minimum atomic E-state index is 1.07. The Morgan fingerprint density at radius 2 is 1.18 bits per heavy atom. The van der Waals surface area contributed by atoms with Crippen LogP contribution in [0.4, 0.5) is 0 Å². The number of hydrogen-bond acceptors (Lipinski definition) is 0. The number of aromatic nitrogens is 1. The lowest BCUT2D eigenvalue weighted by molar-refractivity contribution is 1.18. The molecule has 7 rings (SSSR count). The smallest absolute Gasteiger partial charge is 0.0552 e. The Hall–Kier alpha value is -3.14. The minimum Gasteiger partial charge on any atom is -0.309 e. The highest BCUT2D eigenvalue weighted by molar-refractivity contribution is 9.11. The first kappa shape index (κ1) is 21.4. The molecule has 0 amide bonds. The summed E-state index contributed by atoms with van der Waals surface area (Å²) in [5.41, 5.74) is 9.29. The summed E-state index contributed by atoms with van der Waals surface area (Å²) in [4.78, 5) is 0. The molecular formula is C31H21Br2N. The molecule has 1 aliphatic rings. The van der Waals surface area contributed by atoms with Gasteiger partial charge in [0.1, 0.15) is 0 Å². The number of para-hydroxylation sites is 2. The second-order valence-corrected chi connectivity index (χ2v) is 10.1. The standard InChI is InChI=1S/C18H12BrN.C13H9Br/c19-15-10-6-12-17-18(15)14-9-4-5-11-16(14)20(17)13-7-2-1-3-8-13;14-12-7-3-5-10-8-9-4-1-2-6-11(9)13(10)12/h1-12H;1-7H,8H2. The van der Waals surface area contributed by atoms with Crippen molar-refractivity contribution < 1.29 is 0 Å². The molecule has 0 spiro atoms. The number of halogens is 2. The minimum absolute atomic E-state index is 1.07. The number of nitrogens with zero attached hydrogens (tertiary/aromatic N) is 1. The highest BCUT2D eigenvalue weighted by Crippen LogP contribution is 2.40. The molecule has 1 aliphatic carbocycles. The van der Waals surface area contributed by atoms with Crippen molar-refractivity contribution in [2.24, 2.45) is 0 Å². The molecule has 0 saturated carbocycles. The number of fused-ring (bicyclic) bond motifs is 6. The Morgan fingerprint density at radius 3 is 2.06 bits per heavy atom. The monoisotopic (exact) mass is 565 g/mol. The molecule has 1 nitrogen and oxygen atoms in total. The Labute approximate surface area is 215 Å². The van der Waals surface area contributed by atoms with E-state index in [2.05, 4.69) is 146 Å². The first-order valence-electron chi connectivity index (χ1n) is 11.3. The third-order valence-corrected chi connectivity index (χ3v) is 7.75. The van der Waals surface area contributed by atoms with Crippen LogP contribution >= 0.6 is 31.9 Å². The van der Waals surface area contributed by atoms with Crippen molar-refractivity contribution >= 4 is 53.7 Å². The normalized spacial score (nSPS) is 11.7. The number of hydrogen-bond donors (Lipinski definition) is 0. The third-order valence-electron chi connectivity index (χ3n) is 6.43. The van der Waals surface area contributed by atoms with Gasteiger partial charge < -0.3 is 4.57 Å². The van der Waals surface area contributed by atoms with E-state index >= 15 is 0 Å². The summed E-state index contributed by atoms with van der Waals surface area (Å²) in [5, 5.41) is 2.55. The molecule has 0 fully saturated rings. The Bertz CT molecular complexity index is 1650. The third kappa shape index (κ3) is 3.60. The van der Waals surface area contributed by atoms with Crippen LogP contribution in [0, 0.1) is 0 Å². The van der Waals surface area contributed by atoms with Crippen LogP contribution in [-0.4, -0.2) is 4.57 Å². The fraction of sp³-hybridized carbons (Fsp3) is 0.0323. The Kier molecular flexibility index (Phi) is 5.60. The van der Waals surface area contributed by atoms with Crippen molar-refractivity contribution in [1.82, 2.24) is 4.57 Å². The van der Waals surface area contributed by atoms with Crippen LogP contribution in [-0.2, 0) is 6.42 Å². The summed E-state index contributed by atoms with van der Waals surface area (Å²) in [6.07, 6.45) is 1.07. The van der Waals surface area contributed by atoms with Gasteiger partial charge in [0, 0.05) is 25.4 Å². The summed E-state index contributed by atoms with van der Waals surface area (Å²) in [6, 6.07) is 40.5. The van der Waals surface area contributed by atoms with Crippen LogP contribution in [0.15, 0.2) is 124 Å². The molecule has 3 heteroatoms. The molecule has 1 heterocycles. The molecule has 0 saturated heterocycles. The molecule has 1 aromatic heterocycles. The quantitative estimate of drug-likeness (QED) is 0.186. The van der Waals surface area contributed by atoms with E-state index in [0.29, 0.717) is 0 Å². The van der Waals surface area contributed by atoms with Crippen molar-refractivity contribution in [3.8, 4) is 16.8 Å². The second kappa shape index (κ2) is 8.90. The average molecular weight is 567 g/mol. The van der Waals surface area contributed by atoms with Gasteiger partial charge in [-0.1, -0.05) is 111 Å². The predicted molar refractivity (Wildman–Crippen MR) is 151 cm³/mol. The van der Waals surface area contributed by atoms with Crippen LogP contribution in [0.25, 0.3) is 38.6 Å². The lowest BCUT2D eigenvalue weighted by atomic mass is 10.1. The van der Waals surface area contributed by atoms with E-state index in [1.165, 1.54) is 54.2 Å². The lowest BCUT2D eigenvalue weighted by Crippen LogP contribution is -1.92. The largest absolute Gasteiger partial charge is 0.309 e. The zero-order valence-corrected chi connectivity index (χ0v) is 21.6. The number of rotatable bonds is 1. The fourth-order valence-corrected chi connectivity index (χ4v) is 6.16. The Balaban J connectivity index is 0.000000136. The van der Waals surface area contributed by atoms with E-state index in [0.717, 1.165) is 10.9 Å². The topological polar surface area (TPSA) is 4.93 Å². The average Bonchev–Trinajstić information content (AvgIpc) is 3.42. The molecule has 0 radical (unpaired) electrons. The maximum atomic E-state index is 3.69. The molecule has 164 valence electrons. The maximum Gasteiger partial charge on any atom is 0.0552 e. The molecule has 0 bridgehead atoms. The molecule has 0 aliphatic heterocycles. The van der Waals surface area contributed by atoms with Crippen molar-refractivity contribution in [3.63, 3.8) is 0 Å². The first-order valence-corrected chi connectivity index (χ1v) is 12.9. The zero-order chi connectivity index (χ0) is 23.1. The van der Waals surface area contributed by atoms with Crippen LogP contribution < -0.4 is 0 Å². The van der Waals surface area contributed by atoms with Gasteiger partial charge in [-0.2, -0.15) is 0 Å². The molecule has 0 atom stereocenters. The van der Waals surface area contributed by atoms with Gasteiger partial charge >= 0.3 is 0 Å². The molecular weight excluding hydrogens is 546 g/mol. The van der Waals surface area contributed by atoms with Gasteiger partial charge in [0.25, 0.3) is 0 Å². The van der Waals surface area contributed by atoms with Gasteiger partial charge in [0.15, 0.2) is 0 Å². The predicted octanol–water partition coefficient (Wildman–Crippen LogP) is 9.57. The number of benzene rings is 5. The van der Waals surface area contributed by atoms with Gasteiger partial charge in [0.05, 0.1) is 11.0 Å². The van der Waals surface area contributed by atoms with E-state index in [9.17, 15) is 0 Å². The van der Waals surface area contributed by atoms with E-state index in [-0.39, 0.29) is 0 Å². The van der Waals surface area contributed by atoms with Gasteiger partial charge in [-0.15, -0.1) is 0 Å². The van der Waals surface area contributed by atoms with Crippen LogP contribution in [0.3, 0.4) is 0 Å². The summed E-state index contributed by atoms with van der Waals surface area (Å²) in [7, 11) is 0. The molecule has 0 unspecified atom stereocenters. The van der Waals surface area contributed by atoms with Crippen LogP contribution in [0.5, 0.6) is 0 Å². The molecule has 6 aromatic rings. The van der Waals surface area contributed by atoms with E-state index in [4.69, 9.17) is 0 Å². The molecule has 34 heavy (non-hydrogen) atoms. The second-order valence-electron chi connectivity index (χ2n) is 8.43. The van der Waals surface area contributed by atoms with Crippen LogP contribution in [0.2, 0.25) is 0 Å².